The second-order valence-corrected chi connectivity index (χ2v) is 5.33. The van der Waals surface area contributed by atoms with Gasteiger partial charge in [-0.3, -0.25) is 4.90 Å². The summed E-state index contributed by atoms with van der Waals surface area (Å²) < 4.78 is 5.73. The normalized spacial score (nSPS) is 26.3. The van der Waals surface area contributed by atoms with E-state index in [0.29, 0.717) is 12.2 Å². The van der Waals surface area contributed by atoms with Crippen molar-refractivity contribution in [1.29, 1.82) is 0 Å². The quantitative estimate of drug-likeness (QED) is 0.661. The van der Waals surface area contributed by atoms with E-state index >= 15 is 0 Å². The summed E-state index contributed by atoms with van der Waals surface area (Å²) in [5.74, 6) is 0. The number of hydrogen-bond donors (Lipinski definition) is 1. The summed E-state index contributed by atoms with van der Waals surface area (Å²) in [4.78, 5) is 2.51. The molecule has 1 rings (SSSR count). The van der Waals surface area contributed by atoms with Gasteiger partial charge in [0.2, 0.25) is 0 Å². The lowest BCUT2D eigenvalue weighted by molar-refractivity contribution is -0.0674. The van der Waals surface area contributed by atoms with E-state index in [4.69, 9.17) is 4.74 Å². The highest BCUT2D eigenvalue weighted by molar-refractivity contribution is 4.73. The molecule has 3 heteroatoms. The molecule has 1 heterocycles. The van der Waals surface area contributed by atoms with E-state index < -0.39 is 0 Å². The summed E-state index contributed by atoms with van der Waals surface area (Å²) in [6, 6.07) is 0. The van der Waals surface area contributed by atoms with Crippen LogP contribution in [0.25, 0.3) is 0 Å². The Balaban J connectivity index is 1.95. The van der Waals surface area contributed by atoms with E-state index in [9.17, 15) is 0 Å². The van der Waals surface area contributed by atoms with Crippen LogP contribution in [0.3, 0.4) is 0 Å². The predicted octanol–water partition coefficient (Wildman–Crippen LogP) is 2.27. The van der Waals surface area contributed by atoms with Gasteiger partial charge in [-0.1, -0.05) is 26.2 Å². The molecule has 0 aromatic carbocycles. The number of unbranched alkanes of at least 4 members (excludes halogenated alkanes) is 3. The van der Waals surface area contributed by atoms with Crippen LogP contribution in [0.2, 0.25) is 0 Å². The van der Waals surface area contributed by atoms with Crippen LogP contribution < -0.4 is 5.32 Å². The fraction of sp³-hybridized carbons (Fsp3) is 1.00. The van der Waals surface area contributed by atoms with Crippen LogP contribution in [0.15, 0.2) is 0 Å². The Labute approximate surface area is 107 Å². The van der Waals surface area contributed by atoms with Gasteiger partial charge in [0.15, 0.2) is 0 Å². The third kappa shape index (κ3) is 7.02. The summed E-state index contributed by atoms with van der Waals surface area (Å²) in [5.41, 5.74) is 0. The van der Waals surface area contributed by atoms with E-state index in [1.807, 2.05) is 0 Å². The van der Waals surface area contributed by atoms with Crippen molar-refractivity contribution in [2.45, 2.75) is 58.7 Å². The molecule has 1 fully saturated rings. The van der Waals surface area contributed by atoms with Gasteiger partial charge in [-0.25, -0.2) is 0 Å². The molecule has 3 nitrogen and oxygen atoms in total. The molecule has 1 N–H and O–H groups in total. The highest BCUT2D eigenvalue weighted by Gasteiger charge is 2.21. The number of nitrogens with one attached hydrogen (secondary N) is 1. The lowest BCUT2D eigenvalue weighted by Crippen LogP contribution is -2.47. The van der Waals surface area contributed by atoms with E-state index in [1.165, 1.54) is 32.2 Å². The molecule has 102 valence electrons. The molecular formula is C14H30N2O. The predicted molar refractivity (Wildman–Crippen MR) is 73.5 cm³/mol. The molecule has 0 saturated carbocycles. The fourth-order valence-corrected chi connectivity index (χ4v) is 2.51. The first-order valence-corrected chi connectivity index (χ1v) is 7.31. The van der Waals surface area contributed by atoms with Crippen LogP contribution in [-0.4, -0.2) is 49.8 Å². The van der Waals surface area contributed by atoms with Crippen molar-refractivity contribution < 1.29 is 4.74 Å². The minimum atomic E-state index is 0.392. The molecule has 0 bridgehead atoms. The Hall–Kier alpha value is -0.120. The molecule has 0 spiro atoms. The van der Waals surface area contributed by atoms with Gasteiger partial charge in [-0.05, 0) is 26.8 Å². The summed E-state index contributed by atoms with van der Waals surface area (Å²) in [6.45, 7) is 12.2. The molecule has 17 heavy (non-hydrogen) atoms. The van der Waals surface area contributed by atoms with Crippen molar-refractivity contribution in [2.24, 2.45) is 0 Å². The minimum Gasteiger partial charge on any atom is -0.373 e. The van der Waals surface area contributed by atoms with Gasteiger partial charge in [-0.2, -0.15) is 0 Å². The first-order valence-electron chi connectivity index (χ1n) is 7.31. The summed E-state index contributed by atoms with van der Waals surface area (Å²) in [6.07, 6.45) is 6.18. The number of nitrogens with zero attached hydrogens (tertiary/aromatic N) is 1. The van der Waals surface area contributed by atoms with Crippen LogP contribution in [-0.2, 0) is 4.74 Å². The number of rotatable bonds is 8. The van der Waals surface area contributed by atoms with E-state index in [1.54, 1.807) is 0 Å². The summed E-state index contributed by atoms with van der Waals surface area (Å²) in [5, 5.41) is 3.54. The highest BCUT2D eigenvalue weighted by Crippen LogP contribution is 2.09. The Kier molecular flexibility index (Phi) is 7.82. The number of hydrogen-bond acceptors (Lipinski definition) is 3. The third-order valence-corrected chi connectivity index (χ3v) is 3.31. The molecule has 0 amide bonds. The third-order valence-electron chi connectivity index (χ3n) is 3.31. The SMILES string of the molecule is CCCCCCNCCN1CC(C)OC(C)C1. The van der Waals surface area contributed by atoms with E-state index in [0.717, 1.165) is 26.2 Å². The lowest BCUT2D eigenvalue weighted by Gasteiger charge is -2.35. The van der Waals surface area contributed by atoms with Gasteiger partial charge in [0.25, 0.3) is 0 Å². The van der Waals surface area contributed by atoms with Gasteiger partial charge >= 0.3 is 0 Å². The maximum atomic E-state index is 5.73. The smallest absolute Gasteiger partial charge is 0.0678 e. The van der Waals surface area contributed by atoms with Gasteiger partial charge < -0.3 is 10.1 Å². The van der Waals surface area contributed by atoms with Crippen LogP contribution in [0.1, 0.15) is 46.5 Å². The lowest BCUT2D eigenvalue weighted by atomic mass is 10.2. The average Bonchev–Trinajstić information content (AvgIpc) is 2.26. The first-order chi connectivity index (χ1) is 8.22. The Morgan fingerprint density at radius 3 is 2.41 bits per heavy atom. The molecule has 1 aliphatic rings. The minimum absolute atomic E-state index is 0.392. The van der Waals surface area contributed by atoms with Gasteiger partial charge in [-0.15, -0.1) is 0 Å². The maximum absolute atomic E-state index is 5.73. The Morgan fingerprint density at radius 1 is 1.06 bits per heavy atom. The second kappa shape index (κ2) is 8.90. The van der Waals surface area contributed by atoms with Crippen molar-refractivity contribution in [3.63, 3.8) is 0 Å². The van der Waals surface area contributed by atoms with Crippen molar-refractivity contribution >= 4 is 0 Å². The molecule has 2 atom stereocenters. The molecule has 0 aromatic heterocycles. The zero-order chi connectivity index (χ0) is 12.5. The zero-order valence-corrected chi connectivity index (χ0v) is 11.9. The molecule has 0 radical (unpaired) electrons. The van der Waals surface area contributed by atoms with E-state index in [-0.39, 0.29) is 0 Å². The molecular weight excluding hydrogens is 212 g/mol. The monoisotopic (exact) mass is 242 g/mol. The largest absolute Gasteiger partial charge is 0.373 e. The molecule has 1 saturated heterocycles. The zero-order valence-electron chi connectivity index (χ0n) is 11.9. The molecule has 2 unspecified atom stereocenters. The van der Waals surface area contributed by atoms with Gasteiger partial charge in [0.05, 0.1) is 12.2 Å². The van der Waals surface area contributed by atoms with Gasteiger partial charge in [0, 0.05) is 26.2 Å². The van der Waals surface area contributed by atoms with Crippen LogP contribution in [0, 0.1) is 0 Å². The molecule has 1 aliphatic heterocycles. The van der Waals surface area contributed by atoms with Crippen LogP contribution in [0.4, 0.5) is 0 Å². The highest BCUT2D eigenvalue weighted by atomic mass is 16.5. The van der Waals surface area contributed by atoms with Crippen LogP contribution in [0.5, 0.6) is 0 Å². The first kappa shape index (κ1) is 14.9. The van der Waals surface area contributed by atoms with Crippen molar-refractivity contribution in [3.8, 4) is 0 Å². The van der Waals surface area contributed by atoms with Crippen LogP contribution >= 0.6 is 0 Å². The standard InChI is InChI=1S/C14H30N2O/c1-4-5-6-7-8-15-9-10-16-11-13(2)17-14(3)12-16/h13-15H,4-12H2,1-3H3. The Morgan fingerprint density at radius 2 is 1.76 bits per heavy atom. The maximum Gasteiger partial charge on any atom is 0.0678 e. The number of morpholine rings is 1. The van der Waals surface area contributed by atoms with Crippen molar-refractivity contribution in [2.75, 3.05) is 32.7 Å². The number of ether oxygens (including phenoxy) is 1. The summed E-state index contributed by atoms with van der Waals surface area (Å²) >= 11 is 0. The summed E-state index contributed by atoms with van der Waals surface area (Å²) in [7, 11) is 0. The fourth-order valence-electron chi connectivity index (χ4n) is 2.51. The Bertz CT molecular complexity index is 177. The van der Waals surface area contributed by atoms with Gasteiger partial charge in [0.1, 0.15) is 0 Å². The molecule has 0 aromatic rings. The van der Waals surface area contributed by atoms with Crippen molar-refractivity contribution in [3.05, 3.63) is 0 Å². The van der Waals surface area contributed by atoms with Crippen molar-refractivity contribution in [1.82, 2.24) is 10.2 Å². The average molecular weight is 242 g/mol. The van der Waals surface area contributed by atoms with E-state index in [2.05, 4.69) is 31.0 Å². The molecule has 0 aliphatic carbocycles. The topological polar surface area (TPSA) is 24.5 Å². The second-order valence-electron chi connectivity index (χ2n) is 5.33.